The van der Waals surface area contributed by atoms with E-state index in [0.717, 1.165) is 34.4 Å². The van der Waals surface area contributed by atoms with Gasteiger partial charge in [-0.2, -0.15) is 0 Å². The summed E-state index contributed by atoms with van der Waals surface area (Å²) in [5.74, 6) is -0.380. The summed E-state index contributed by atoms with van der Waals surface area (Å²) in [6.45, 7) is 0. The summed E-state index contributed by atoms with van der Waals surface area (Å²) in [7, 11) is 0. The second kappa shape index (κ2) is 7.60. The number of rotatable bonds is 3. The molecular formula is C24H19N3OS. The van der Waals surface area contributed by atoms with E-state index >= 15 is 0 Å². The number of hydrogen-bond donors (Lipinski definition) is 1. The van der Waals surface area contributed by atoms with E-state index in [1.807, 2.05) is 36.4 Å². The van der Waals surface area contributed by atoms with E-state index in [9.17, 15) is 4.79 Å². The van der Waals surface area contributed by atoms with Crippen LogP contribution in [-0.4, -0.2) is 15.9 Å². The Morgan fingerprint density at radius 2 is 1.59 bits per heavy atom. The molecule has 2 heterocycles. The van der Waals surface area contributed by atoms with Crippen molar-refractivity contribution in [2.75, 3.05) is 5.32 Å². The van der Waals surface area contributed by atoms with Gasteiger partial charge in [-0.05, 0) is 41.2 Å². The van der Waals surface area contributed by atoms with Crippen LogP contribution in [-0.2, 0) is 17.6 Å². The average Bonchev–Trinajstić information content (AvgIpc) is 3.16. The van der Waals surface area contributed by atoms with E-state index in [-0.39, 0.29) is 11.8 Å². The number of hydrogen-bond acceptors (Lipinski definition) is 4. The van der Waals surface area contributed by atoms with E-state index < -0.39 is 0 Å². The molecule has 1 N–H and O–H groups in total. The van der Waals surface area contributed by atoms with Crippen molar-refractivity contribution in [2.24, 2.45) is 0 Å². The molecule has 5 heteroatoms. The molecule has 0 saturated heterocycles. The minimum Gasteiger partial charge on any atom is -0.301 e. The van der Waals surface area contributed by atoms with Crippen molar-refractivity contribution < 1.29 is 4.79 Å². The van der Waals surface area contributed by atoms with Gasteiger partial charge in [0.1, 0.15) is 0 Å². The molecule has 0 fully saturated rings. The predicted octanol–water partition coefficient (Wildman–Crippen LogP) is 5.07. The summed E-state index contributed by atoms with van der Waals surface area (Å²) >= 11 is 1.46. The lowest BCUT2D eigenvalue weighted by Gasteiger charge is -2.19. The van der Waals surface area contributed by atoms with E-state index in [0.29, 0.717) is 5.13 Å². The van der Waals surface area contributed by atoms with Crippen molar-refractivity contribution in [3.8, 4) is 10.4 Å². The van der Waals surface area contributed by atoms with Gasteiger partial charge in [0.05, 0.1) is 10.8 Å². The van der Waals surface area contributed by atoms with E-state index in [1.54, 1.807) is 18.6 Å². The first-order chi connectivity index (χ1) is 14.3. The smallest absolute Gasteiger partial charge is 0.238 e. The summed E-state index contributed by atoms with van der Waals surface area (Å²) in [5.41, 5.74) is 5.63. The molecular weight excluding hydrogens is 378 g/mol. The number of carbonyl (C=O) groups excluding carboxylic acids is 1. The molecule has 0 spiro atoms. The maximum atomic E-state index is 13.4. The molecule has 0 radical (unpaired) electrons. The van der Waals surface area contributed by atoms with E-state index in [2.05, 4.69) is 39.6 Å². The monoisotopic (exact) mass is 397 g/mol. The van der Waals surface area contributed by atoms with Gasteiger partial charge in [-0.1, -0.05) is 65.9 Å². The molecule has 2 aromatic carbocycles. The van der Waals surface area contributed by atoms with Gasteiger partial charge in [0.15, 0.2) is 5.13 Å². The van der Waals surface area contributed by atoms with Gasteiger partial charge in [0.2, 0.25) is 5.91 Å². The standard InChI is InChI=1S/C24H19N3OS/c28-23(27-24-26-15-21(29-24)18-8-5-13-25-14-18)22-19-9-3-1-6-16(19)11-12-17-7-2-4-10-20(17)22/h1-10,13-15,22H,11-12H2,(H,26,27,28). The van der Waals surface area contributed by atoms with Crippen LogP contribution in [0.25, 0.3) is 10.4 Å². The summed E-state index contributed by atoms with van der Waals surface area (Å²) in [4.78, 5) is 23.0. The zero-order valence-corrected chi connectivity index (χ0v) is 16.5. The number of nitrogens with one attached hydrogen (secondary N) is 1. The first-order valence-electron chi connectivity index (χ1n) is 9.62. The number of aryl methyl sites for hydroxylation is 2. The number of carbonyl (C=O) groups is 1. The van der Waals surface area contributed by atoms with Crippen LogP contribution in [0.3, 0.4) is 0 Å². The Labute approximate surface area is 173 Å². The molecule has 0 unspecified atom stereocenters. The Balaban J connectivity index is 1.49. The van der Waals surface area contributed by atoms with Crippen LogP contribution in [0.15, 0.2) is 79.3 Å². The zero-order chi connectivity index (χ0) is 19.6. The molecule has 1 aliphatic carbocycles. The molecule has 0 bridgehead atoms. The van der Waals surface area contributed by atoms with Crippen molar-refractivity contribution in [1.82, 2.24) is 9.97 Å². The predicted molar refractivity (Wildman–Crippen MR) is 116 cm³/mol. The first-order valence-corrected chi connectivity index (χ1v) is 10.4. The highest BCUT2D eigenvalue weighted by Gasteiger charge is 2.29. The number of benzene rings is 2. The SMILES string of the molecule is O=C(Nc1ncc(-c2cccnc2)s1)C1c2ccccc2CCc2ccccc21. The van der Waals surface area contributed by atoms with Gasteiger partial charge in [0, 0.05) is 24.2 Å². The van der Waals surface area contributed by atoms with Crippen molar-refractivity contribution in [1.29, 1.82) is 0 Å². The third-order valence-corrected chi connectivity index (χ3v) is 6.30. The first kappa shape index (κ1) is 17.8. The van der Waals surface area contributed by atoms with Gasteiger partial charge >= 0.3 is 0 Å². The Bertz CT molecular complexity index is 1120. The molecule has 0 aliphatic heterocycles. The minimum absolute atomic E-state index is 0.0427. The van der Waals surface area contributed by atoms with Gasteiger partial charge in [-0.15, -0.1) is 0 Å². The molecule has 0 atom stereocenters. The lowest BCUT2D eigenvalue weighted by molar-refractivity contribution is -0.116. The van der Waals surface area contributed by atoms with Crippen LogP contribution in [0.2, 0.25) is 0 Å². The number of aromatic nitrogens is 2. The fourth-order valence-corrected chi connectivity index (χ4v) is 4.77. The summed E-state index contributed by atoms with van der Waals surface area (Å²) < 4.78 is 0. The highest BCUT2D eigenvalue weighted by molar-refractivity contribution is 7.19. The van der Waals surface area contributed by atoms with Crippen LogP contribution in [0.1, 0.15) is 28.2 Å². The Hall–Kier alpha value is -3.31. The molecule has 1 amide bonds. The van der Waals surface area contributed by atoms with Gasteiger partial charge < -0.3 is 5.32 Å². The van der Waals surface area contributed by atoms with E-state index in [1.165, 1.54) is 22.5 Å². The molecule has 4 nitrogen and oxygen atoms in total. The second-order valence-corrected chi connectivity index (χ2v) is 8.12. The Kier molecular flexibility index (Phi) is 4.66. The number of pyridine rings is 1. The summed E-state index contributed by atoms with van der Waals surface area (Å²) in [5, 5.41) is 3.66. The normalized spacial score (nSPS) is 13.2. The molecule has 5 rings (SSSR count). The average molecular weight is 398 g/mol. The largest absolute Gasteiger partial charge is 0.301 e. The van der Waals surface area contributed by atoms with Gasteiger partial charge in [-0.25, -0.2) is 4.98 Å². The maximum absolute atomic E-state index is 13.4. The molecule has 142 valence electrons. The molecule has 0 saturated carbocycles. The fraction of sp³-hybridized carbons (Fsp3) is 0.125. The topological polar surface area (TPSA) is 54.9 Å². The van der Waals surface area contributed by atoms with Crippen molar-refractivity contribution in [2.45, 2.75) is 18.8 Å². The second-order valence-electron chi connectivity index (χ2n) is 7.09. The van der Waals surface area contributed by atoms with Crippen molar-refractivity contribution in [3.05, 3.63) is 102 Å². The highest BCUT2D eigenvalue weighted by atomic mass is 32.1. The lowest BCUT2D eigenvalue weighted by atomic mass is 9.87. The number of fused-ring (bicyclic) bond motifs is 2. The van der Waals surface area contributed by atoms with Gasteiger partial charge in [-0.3, -0.25) is 9.78 Å². The van der Waals surface area contributed by atoms with Crippen LogP contribution in [0, 0.1) is 0 Å². The lowest BCUT2D eigenvalue weighted by Crippen LogP contribution is -2.23. The highest BCUT2D eigenvalue weighted by Crippen LogP contribution is 2.36. The quantitative estimate of drug-likeness (QED) is 0.525. The zero-order valence-electron chi connectivity index (χ0n) is 15.7. The van der Waals surface area contributed by atoms with Crippen LogP contribution in [0.5, 0.6) is 0 Å². The summed E-state index contributed by atoms with van der Waals surface area (Å²) in [6.07, 6.45) is 7.22. The van der Waals surface area contributed by atoms with Gasteiger partial charge in [0.25, 0.3) is 0 Å². The molecule has 2 aromatic heterocycles. The van der Waals surface area contributed by atoms with Crippen molar-refractivity contribution >= 4 is 22.4 Å². The van der Waals surface area contributed by atoms with Crippen LogP contribution < -0.4 is 5.32 Å². The Morgan fingerprint density at radius 1 is 0.897 bits per heavy atom. The maximum Gasteiger partial charge on any atom is 0.238 e. The van der Waals surface area contributed by atoms with E-state index in [4.69, 9.17) is 0 Å². The van der Waals surface area contributed by atoms with Crippen LogP contribution in [0.4, 0.5) is 5.13 Å². The molecule has 1 aliphatic rings. The third-order valence-electron chi connectivity index (χ3n) is 5.34. The van der Waals surface area contributed by atoms with Crippen molar-refractivity contribution in [3.63, 3.8) is 0 Å². The number of thiazole rings is 1. The molecule has 29 heavy (non-hydrogen) atoms. The molecule has 4 aromatic rings. The summed E-state index contributed by atoms with van der Waals surface area (Å²) in [6, 6.07) is 20.4. The van der Waals surface area contributed by atoms with Crippen LogP contribution >= 0.6 is 11.3 Å². The Morgan fingerprint density at radius 3 is 2.24 bits per heavy atom. The number of amides is 1. The minimum atomic E-state index is -0.337. The number of anilines is 1. The third kappa shape index (κ3) is 3.45. The number of nitrogens with zero attached hydrogens (tertiary/aromatic N) is 2. The fourth-order valence-electron chi connectivity index (χ4n) is 3.96.